The number of aryl methyl sites for hydroxylation is 1. The molecule has 0 spiro atoms. The lowest BCUT2D eigenvalue weighted by atomic mass is 10.1. The van der Waals surface area contributed by atoms with Crippen LogP contribution in [0.25, 0.3) is 10.9 Å². The summed E-state index contributed by atoms with van der Waals surface area (Å²) in [6.07, 6.45) is 2.69. The highest BCUT2D eigenvalue weighted by molar-refractivity contribution is 6.31. The van der Waals surface area contributed by atoms with Crippen LogP contribution in [0.1, 0.15) is 11.1 Å². The molecule has 0 aliphatic heterocycles. The summed E-state index contributed by atoms with van der Waals surface area (Å²) in [4.78, 5) is 15.1. The highest BCUT2D eigenvalue weighted by Crippen LogP contribution is 2.22. The van der Waals surface area contributed by atoms with Gasteiger partial charge in [0.25, 0.3) is 5.91 Å². The molecule has 0 radical (unpaired) electrons. The van der Waals surface area contributed by atoms with Crippen LogP contribution in [0.5, 0.6) is 5.75 Å². The summed E-state index contributed by atoms with van der Waals surface area (Å²) in [5.74, 6) is 0.565. The lowest BCUT2D eigenvalue weighted by molar-refractivity contribution is -0.123. The van der Waals surface area contributed by atoms with Crippen molar-refractivity contribution in [3.05, 3.63) is 64.8 Å². The Balaban J connectivity index is 1.47. The van der Waals surface area contributed by atoms with E-state index in [2.05, 4.69) is 10.3 Å². The number of rotatable bonds is 6. The molecule has 24 heavy (non-hydrogen) atoms. The van der Waals surface area contributed by atoms with Crippen molar-refractivity contribution in [1.29, 1.82) is 0 Å². The van der Waals surface area contributed by atoms with E-state index in [0.717, 1.165) is 28.5 Å². The van der Waals surface area contributed by atoms with Crippen LogP contribution in [0, 0.1) is 6.92 Å². The lowest BCUT2D eigenvalue weighted by Gasteiger charge is -2.07. The van der Waals surface area contributed by atoms with Gasteiger partial charge in [0.15, 0.2) is 6.61 Å². The van der Waals surface area contributed by atoms with Gasteiger partial charge in [-0.2, -0.15) is 0 Å². The topological polar surface area (TPSA) is 54.1 Å². The van der Waals surface area contributed by atoms with Crippen molar-refractivity contribution in [3.63, 3.8) is 0 Å². The Morgan fingerprint density at radius 2 is 2.00 bits per heavy atom. The monoisotopic (exact) mass is 342 g/mol. The fraction of sp³-hybridized carbons (Fsp3) is 0.211. The molecule has 0 aliphatic rings. The molecule has 1 heterocycles. The zero-order valence-corrected chi connectivity index (χ0v) is 14.2. The first kappa shape index (κ1) is 16.4. The van der Waals surface area contributed by atoms with E-state index in [-0.39, 0.29) is 12.5 Å². The van der Waals surface area contributed by atoms with E-state index in [4.69, 9.17) is 16.3 Å². The summed E-state index contributed by atoms with van der Waals surface area (Å²) >= 11 is 6.04. The van der Waals surface area contributed by atoms with E-state index in [1.54, 1.807) is 0 Å². The van der Waals surface area contributed by atoms with E-state index in [1.807, 2.05) is 55.6 Å². The van der Waals surface area contributed by atoms with Crippen molar-refractivity contribution >= 4 is 28.4 Å². The van der Waals surface area contributed by atoms with Crippen LogP contribution >= 0.6 is 11.6 Å². The van der Waals surface area contributed by atoms with Gasteiger partial charge < -0.3 is 15.0 Å². The highest BCUT2D eigenvalue weighted by Gasteiger charge is 2.06. The second kappa shape index (κ2) is 7.41. The maximum Gasteiger partial charge on any atom is 0.257 e. The van der Waals surface area contributed by atoms with Gasteiger partial charge in [-0.3, -0.25) is 4.79 Å². The molecule has 0 fully saturated rings. The fourth-order valence-corrected chi connectivity index (χ4v) is 2.70. The number of aromatic nitrogens is 1. The van der Waals surface area contributed by atoms with Crippen LogP contribution in [0.2, 0.25) is 5.02 Å². The van der Waals surface area contributed by atoms with E-state index in [0.29, 0.717) is 17.3 Å². The Kier molecular flexibility index (Phi) is 5.06. The number of ether oxygens (including phenoxy) is 1. The molecule has 0 saturated heterocycles. The number of fused-ring (bicyclic) bond motifs is 1. The average molecular weight is 343 g/mol. The molecule has 2 N–H and O–H groups in total. The molecule has 0 aliphatic carbocycles. The Hall–Kier alpha value is -2.46. The molecule has 0 unspecified atom stereocenters. The van der Waals surface area contributed by atoms with Crippen LogP contribution in [-0.4, -0.2) is 24.0 Å². The van der Waals surface area contributed by atoms with Crippen molar-refractivity contribution in [1.82, 2.24) is 10.3 Å². The maximum absolute atomic E-state index is 11.9. The average Bonchev–Trinajstić information content (AvgIpc) is 2.97. The number of hydrogen-bond donors (Lipinski definition) is 2. The van der Waals surface area contributed by atoms with Gasteiger partial charge in [-0.25, -0.2) is 0 Å². The number of benzene rings is 2. The van der Waals surface area contributed by atoms with Crippen molar-refractivity contribution in [2.45, 2.75) is 13.3 Å². The van der Waals surface area contributed by atoms with Gasteiger partial charge in [-0.05, 0) is 49.2 Å². The minimum Gasteiger partial charge on any atom is -0.484 e. The largest absolute Gasteiger partial charge is 0.484 e. The Bertz CT molecular complexity index is 840. The summed E-state index contributed by atoms with van der Waals surface area (Å²) in [6, 6.07) is 13.4. The molecule has 2 aromatic carbocycles. The molecule has 4 nitrogen and oxygen atoms in total. The van der Waals surface area contributed by atoms with Gasteiger partial charge in [-0.15, -0.1) is 0 Å². The van der Waals surface area contributed by atoms with Gasteiger partial charge in [0.05, 0.1) is 0 Å². The van der Waals surface area contributed by atoms with Gasteiger partial charge in [-0.1, -0.05) is 29.3 Å². The Morgan fingerprint density at radius 3 is 2.79 bits per heavy atom. The van der Waals surface area contributed by atoms with Crippen molar-refractivity contribution in [2.24, 2.45) is 0 Å². The number of hydrogen-bond acceptors (Lipinski definition) is 2. The van der Waals surface area contributed by atoms with E-state index >= 15 is 0 Å². The van der Waals surface area contributed by atoms with Crippen LogP contribution in [0.4, 0.5) is 0 Å². The Morgan fingerprint density at radius 1 is 1.21 bits per heavy atom. The molecule has 0 bridgehead atoms. The third-order valence-corrected chi connectivity index (χ3v) is 4.07. The zero-order valence-electron chi connectivity index (χ0n) is 13.4. The summed E-state index contributed by atoms with van der Waals surface area (Å²) in [7, 11) is 0. The molecule has 1 amide bonds. The third kappa shape index (κ3) is 4.09. The first-order valence-electron chi connectivity index (χ1n) is 7.83. The standard InChI is InChI=1S/C19H19ClN2O2/c1-13-2-5-16(6-3-13)24-12-19(23)21-9-8-14-11-22-18-7-4-15(20)10-17(14)18/h2-7,10-11,22H,8-9,12H2,1H3,(H,21,23). The van der Waals surface area contributed by atoms with Gasteiger partial charge in [0.2, 0.25) is 0 Å². The zero-order chi connectivity index (χ0) is 16.9. The number of aromatic amines is 1. The fourth-order valence-electron chi connectivity index (χ4n) is 2.53. The number of H-pyrrole nitrogens is 1. The summed E-state index contributed by atoms with van der Waals surface area (Å²) in [6.45, 7) is 2.58. The third-order valence-electron chi connectivity index (χ3n) is 3.84. The SMILES string of the molecule is Cc1ccc(OCC(=O)NCCc2c[nH]c3ccc(Cl)cc23)cc1. The molecule has 5 heteroatoms. The molecule has 3 aromatic rings. The number of carbonyl (C=O) groups is 1. The minimum absolute atomic E-state index is 0.0166. The predicted molar refractivity (Wildman–Crippen MR) is 96.7 cm³/mol. The van der Waals surface area contributed by atoms with Crippen LogP contribution < -0.4 is 10.1 Å². The van der Waals surface area contributed by atoms with Gasteiger partial charge in [0, 0.05) is 28.7 Å². The molecule has 124 valence electrons. The van der Waals surface area contributed by atoms with Crippen molar-refractivity contribution in [3.8, 4) is 5.75 Å². The molecule has 3 rings (SSSR count). The van der Waals surface area contributed by atoms with E-state index < -0.39 is 0 Å². The van der Waals surface area contributed by atoms with E-state index in [1.165, 1.54) is 0 Å². The maximum atomic E-state index is 11.9. The van der Waals surface area contributed by atoms with Crippen molar-refractivity contribution < 1.29 is 9.53 Å². The molecular formula is C19H19ClN2O2. The summed E-state index contributed by atoms with van der Waals surface area (Å²) in [5, 5.41) is 4.67. The quantitative estimate of drug-likeness (QED) is 0.714. The van der Waals surface area contributed by atoms with E-state index in [9.17, 15) is 4.79 Å². The molecule has 0 atom stereocenters. The molecule has 1 aromatic heterocycles. The van der Waals surface area contributed by atoms with Gasteiger partial charge in [0.1, 0.15) is 5.75 Å². The van der Waals surface area contributed by atoms with Crippen LogP contribution in [0.15, 0.2) is 48.7 Å². The number of nitrogens with one attached hydrogen (secondary N) is 2. The van der Waals surface area contributed by atoms with Crippen LogP contribution in [0.3, 0.4) is 0 Å². The highest BCUT2D eigenvalue weighted by atomic mass is 35.5. The Labute approximate surface area is 145 Å². The normalized spacial score (nSPS) is 10.8. The van der Waals surface area contributed by atoms with Crippen LogP contribution in [-0.2, 0) is 11.2 Å². The van der Waals surface area contributed by atoms with Crippen molar-refractivity contribution in [2.75, 3.05) is 13.2 Å². The minimum atomic E-state index is -0.131. The molecular weight excluding hydrogens is 324 g/mol. The predicted octanol–water partition coefficient (Wildman–Crippen LogP) is 3.87. The second-order valence-electron chi connectivity index (χ2n) is 5.71. The number of halogens is 1. The summed E-state index contributed by atoms with van der Waals surface area (Å²) < 4.78 is 5.46. The summed E-state index contributed by atoms with van der Waals surface area (Å²) in [5.41, 5.74) is 3.33. The first-order valence-corrected chi connectivity index (χ1v) is 8.21. The number of carbonyl (C=O) groups excluding carboxylic acids is 1. The smallest absolute Gasteiger partial charge is 0.257 e. The number of amides is 1. The lowest BCUT2D eigenvalue weighted by Crippen LogP contribution is -2.30. The molecule has 0 saturated carbocycles. The second-order valence-corrected chi connectivity index (χ2v) is 6.14. The first-order chi connectivity index (χ1) is 11.6. The van der Waals surface area contributed by atoms with Gasteiger partial charge >= 0.3 is 0 Å².